The number of carbonyl (C=O) groups excluding carboxylic acids is 1. The van der Waals surface area contributed by atoms with Crippen LogP contribution < -0.4 is 10.1 Å². The standard InChI is InChI=1S/C21H26N2O4S2/c1-15-10-12-23(13-11-15)29(25,26)18-7-4-16(5-8-18)22-21(24)19-9-6-17(28-3)14-20(19)27-2/h4-9,14-15H,10-13H2,1-3H3,(H,22,24). The van der Waals surface area contributed by atoms with Gasteiger partial charge in [-0.15, -0.1) is 11.8 Å². The van der Waals surface area contributed by atoms with Gasteiger partial charge >= 0.3 is 0 Å². The Kier molecular flexibility index (Phi) is 6.87. The van der Waals surface area contributed by atoms with E-state index in [1.807, 2.05) is 18.4 Å². The van der Waals surface area contributed by atoms with Gasteiger partial charge in [-0.25, -0.2) is 8.42 Å². The molecule has 0 unspecified atom stereocenters. The van der Waals surface area contributed by atoms with Crippen molar-refractivity contribution in [2.24, 2.45) is 5.92 Å². The molecule has 2 aromatic rings. The number of carbonyl (C=O) groups is 1. The number of nitrogens with one attached hydrogen (secondary N) is 1. The molecule has 2 aromatic carbocycles. The molecule has 0 spiro atoms. The van der Waals surface area contributed by atoms with Gasteiger partial charge in [0.2, 0.25) is 10.0 Å². The average molecular weight is 435 g/mol. The lowest BCUT2D eigenvalue weighted by Gasteiger charge is -2.29. The number of anilines is 1. The van der Waals surface area contributed by atoms with Crippen molar-refractivity contribution in [2.75, 3.05) is 31.8 Å². The van der Waals surface area contributed by atoms with Crippen LogP contribution in [0.1, 0.15) is 30.1 Å². The van der Waals surface area contributed by atoms with Gasteiger partial charge in [0.05, 0.1) is 17.6 Å². The van der Waals surface area contributed by atoms with Crippen LogP contribution in [-0.2, 0) is 10.0 Å². The van der Waals surface area contributed by atoms with Gasteiger partial charge in [-0.05, 0) is 67.5 Å². The zero-order chi connectivity index (χ0) is 21.0. The maximum atomic E-state index is 12.8. The minimum atomic E-state index is -3.50. The van der Waals surface area contributed by atoms with Crippen molar-refractivity contribution in [3.8, 4) is 5.75 Å². The second-order valence-corrected chi connectivity index (χ2v) is 9.95. The smallest absolute Gasteiger partial charge is 0.259 e. The van der Waals surface area contributed by atoms with Crippen molar-refractivity contribution in [2.45, 2.75) is 29.6 Å². The number of thioether (sulfide) groups is 1. The van der Waals surface area contributed by atoms with Crippen LogP contribution in [0.3, 0.4) is 0 Å². The Bertz CT molecular complexity index is 967. The Morgan fingerprint density at radius 3 is 2.38 bits per heavy atom. The third-order valence-electron chi connectivity index (χ3n) is 5.15. The SMILES string of the molecule is COc1cc(SC)ccc1C(=O)Nc1ccc(S(=O)(=O)N2CCC(C)CC2)cc1. The number of hydrogen-bond donors (Lipinski definition) is 1. The van der Waals surface area contributed by atoms with Crippen molar-refractivity contribution >= 4 is 33.4 Å². The van der Waals surface area contributed by atoms with Crippen LogP contribution in [-0.4, -0.2) is 45.1 Å². The van der Waals surface area contributed by atoms with Crippen molar-refractivity contribution in [3.05, 3.63) is 48.0 Å². The van der Waals surface area contributed by atoms with Gasteiger partial charge in [-0.1, -0.05) is 6.92 Å². The van der Waals surface area contributed by atoms with E-state index in [4.69, 9.17) is 4.74 Å². The molecule has 0 bridgehead atoms. The van der Waals surface area contributed by atoms with Crippen LogP contribution in [0.25, 0.3) is 0 Å². The summed E-state index contributed by atoms with van der Waals surface area (Å²) in [5, 5.41) is 2.80. The Morgan fingerprint density at radius 2 is 1.79 bits per heavy atom. The van der Waals surface area contributed by atoms with Gasteiger partial charge in [0, 0.05) is 23.7 Å². The number of hydrogen-bond acceptors (Lipinski definition) is 5. The van der Waals surface area contributed by atoms with E-state index in [2.05, 4.69) is 12.2 Å². The Balaban J connectivity index is 1.73. The third kappa shape index (κ3) is 4.94. The number of ether oxygens (including phenoxy) is 1. The van der Waals surface area contributed by atoms with E-state index in [9.17, 15) is 13.2 Å². The Morgan fingerprint density at radius 1 is 1.14 bits per heavy atom. The zero-order valence-corrected chi connectivity index (χ0v) is 18.5. The predicted molar refractivity (Wildman–Crippen MR) is 116 cm³/mol. The van der Waals surface area contributed by atoms with E-state index in [1.54, 1.807) is 34.3 Å². The quantitative estimate of drug-likeness (QED) is 0.693. The summed E-state index contributed by atoms with van der Waals surface area (Å²) in [5.74, 6) is 0.740. The largest absolute Gasteiger partial charge is 0.496 e. The van der Waals surface area contributed by atoms with Gasteiger partial charge in [-0.2, -0.15) is 4.31 Å². The first-order chi connectivity index (χ1) is 13.8. The fourth-order valence-corrected chi connectivity index (χ4v) is 5.17. The highest BCUT2D eigenvalue weighted by Crippen LogP contribution is 2.27. The molecule has 156 valence electrons. The molecule has 29 heavy (non-hydrogen) atoms. The molecule has 1 N–H and O–H groups in total. The van der Waals surface area contributed by atoms with Crippen LogP contribution in [0, 0.1) is 5.92 Å². The summed E-state index contributed by atoms with van der Waals surface area (Å²) in [6.07, 6.45) is 3.71. The molecule has 1 aliphatic rings. The summed E-state index contributed by atoms with van der Waals surface area (Å²) in [5.41, 5.74) is 0.946. The van der Waals surface area contributed by atoms with Crippen LogP contribution in [0.2, 0.25) is 0 Å². The average Bonchev–Trinajstić information content (AvgIpc) is 2.73. The maximum Gasteiger partial charge on any atom is 0.259 e. The van der Waals surface area contributed by atoms with Crippen LogP contribution >= 0.6 is 11.8 Å². The van der Waals surface area contributed by atoms with Gasteiger partial charge in [0.1, 0.15) is 5.75 Å². The molecule has 1 saturated heterocycles. The minimum absolute atomic E-state index is 0.243. The van der Waals surface area contributed by atoms with Gasteiger partial charge < -0.3 is 10.1 Å². The molecular weight excluding hydrogens is 408 g/mol. The molecule has 0 saturated carbocycles. The molecule has 1 amide bonds. The van der Waals surface area contributed by atoms with E-state index < -0.39 is 10.0 Å². The highest BCUT2D eigenvalue weighted by molar-refractivity contribution is 7.98. The van der Waals surface area contributed by atoms with Crippen molar-refractivity contribution in [1.29, 1.82) is 0 Å². The van der Waals surface area contributed by atoms with Crippen LogP contribution in [0.5, 0.6) is 5.75 Å². The lowest BCUT2D eigenvalue weighted by molar-refractivity contribution is 0.102. The first-order valence-electron chi connectivity index (χ1n) is 9.48. The molecule has 0 atom stereocenters. The molecule has 1 fully saturated rings. The zero-order valence-electron chi connectivity index (χ0n) is 16.8. The normalized spacial score (nSPS) is 15.8. The van der Waals surface area contributed by atoms with E-state index in [-0.39, 0.29) is 10.8 Å². The third-order valence-corrected chi connectivity index (χ3v) is 7.78. The molecular formula is C21H26N2O4S2. The van der Waals surface area contributed by atoms with Gasteiger partial charge in [0.15, 0.2) is 0 Å². The molecule has 1 aliphatic heterocycles. The number of rotatable bonds is 6. The Hall–Kier alpha value is -2.03. The van der Waals surface area contributed by atoms with Crippen molar-refractivity contribution in [1.82, 2.24) is 4.31 Å². The topological polar surface area (TPSA) is 75.7 Å². The predicted octanol–water partition coefficient (Wildman–Crippen LogP) is 4.09. The second kappa shape index (κ2) is 9.19. The summed E-state index contributed by atoms with van der Waals surface area (Å²) >= 11 is 1.57. The molecule has 0 aliphatic carbocycles. The highest BCUT2D eigenvalue weighted by atomic mass is 32.2. The maximum absolute atomic E-state index is 12.8. The number of nitrogens with zero attached hydrogens (tertiary/aromatic N) is 1. The van der Waals surface area contributed by atoms with Crippen LogP contribution in [0.4, 0.5) is 5.69 Å². The number of sulfonamides is 1. The van der Waals surface area contributed by atoms with E-state index in [1.165, 1.54) is 19.2 Å². The highest BCUT2D eigenvalue weighted by Gasteiger charge is 2.28. The van der Waals surface area contributed by atoms with Crippen LogP contribution in [0.15, 0.2) is 52.3 Å². The lowest BCUT2D eigenvalue weighted by atomic mass is 10.0. The second-order valence-electron chi connectivity index (χ2n) is 7.13. The molecule has 1 heterocycles. The number of methoxy groups -OCH3 is 1. The summed E-state index contributed by atoms with van der Waals surface area (Å²) < 4.78 is 32.5. The fourth-order valence-electron chi connectivity index (χ4n) is 3.27. The summed E-state index contributed by atoms with van der Waals surface area (Å²) in [6, 6.07) is 11.7. The van der Waals surface area contributed by atoms with Crippen molar-refractivity contribution in [3.63, 3.8) is 0 Å². The van der Waals surface area contributed by atoms with Gasteiger partial charge in [-0.3, -0.25) is 4.79 Å². The van der Waals surface area contributed by atoms with Crippen molar-refractivity contribution < 1.29 is 17.9 Å². The van der Waals surface area contributed by atoms with E-state index in [0.29, 0.717) is 36.0 Å². The molecule has 0 aromatic heterocycles. The molecule has 8 heteroatoms. The number of piperidine rings is 1. The first-order valence-corrected chi connectivity index (χ1v) is 12.1. The summed E-state index contributed by atoms with van der Waals surface area (Å²) in [4.78, 5) is 13.9. The first kappa shape index (κ1) is 21.7. The number of benzene rings is 2. The monoisotopic (exact) mass is 434 g/mol. The van der Waals surface area contributed by atoms with Gasteiger partial charge in [0.25, 0.3) is 5.91 Å². The van der Waals surface area contributed by atoms with E-state index in [0.717, 1.165) is 17.7 Å². The Labute approximate surface area is 176 Å². The molecule has 6 nitrogen and oxygen atoms in total. The summed E-state index contributed by atoms with van der Waals surface area (Å²) in [6.45, 7) is 3.24. The molecule has 3 rings (SSSR count). The summed E-state index contributed by atoms with van der Waals surface area (Å²) in [7, 11) is -1.98. The fraction of sp³-hybridized carbons (Fsp3) is 0.381. The number of amides is 1. The molecule has 0 radical (unpaired) electrons. The lowest BCUT2D eigenvalue weighted by Crippen LogP contribution is -2.37. The van der Waals surface area contributed by atoms with E-state index >= 15 is 0 Å². The minimum Gasteiger partial charge on any atom is -0.496 e.